The van der Waals surface area contributed by atoms with Crippen LogP contribution in [0.2, 0.25) is 0 Å². The first-order chi connectivity index (χ1) is 26.8. The van der Waals surface area contributed by atoms with Crippen LogP contribution in [0.25, 0.3) is 0 Å². The van der Waals surface area contributed by atoms with Crippen molar-refractivity contribution in [2.45, 2.75) is 219 Å². The molecule has 2 saturated heterocycles. The smallest absolute Gasteiger partial charge is 0.412 e. The second kappa shape index (κ2) is 26.0. The van der Waals surface area contributed by atoms with E-state index < -0.39 is 23.2 Å². The second-order valence-electron chi connectivity index (χ2n) is 17.8. The topological polar surface area (TPSA) is 95.9 Å². The number of aliphatic hydroxyl groups excluding tert-OH is 1. The van der Waals surface area contributed by atoms with Crippen LogP contribution in [0.1, 0.15) is 176 Å². The number of aliphatic hydroxyl groups is 1. The molecule has 0 aliphatic carbocycles. The summed E-state index contributed by atoms with van der Waals surface area (Å²) in [6, 6.07) is 10.2. The molecule has 4 atom stereocenters. The maximum absolute atomic E-state index is 12.8. The molecule has 0 unspecified atom stereocenters. The molecule has 2 heterocycles. The van der Waals surface area contributed by atoms with E-state index in [9.17, 15) is 9.90 Å². The molecule has 2 aliphatic heterocycles. The predicted octanol–water partition coefficient (Wildman–Crippen LogP) is 10.9. The van der Waals surface area contributed by atoms with Crippen LogP contribution in [0.4, 0.5) is 4.79 Å². The Morgan fingerprint density at radius 2 is 1.38 bits per heavy atom. The number of nitrogens with zero attached hydrogens (tertiary/aromatic N) is 1. The van der Waals surface area contributed by atoms with Crippen molar-refractivity contribution in [1.82, 2.24) is 4.90 Å². The number of amides is 1. The van der Waals surface area contributed by atoms with Gasteiger partial charge in [0.05, 0.1) is 38.1 Å². The Labute approximate surface area is 341 Å². The largest absolute Gasteiger partial charge is 0.444 e. The Hall–Kier alpha value is -2.19. The summed E-state index contributed by atoms with van der Waals surface area (Å²) in [4.78, 5) is 14.5. The average molecular weight is 786 g/mol. The van der Waals surface area contributed by atoms with E-state index in [-0.39, 0.29) is 24.3 Å². The zero-order valence-corrected chi connectivity index (χ0v) is 36.4. The molecule has 1 N–H and O–H groups in total. The summed E-state index contributed by atoms with van der Waals surface area (Å²) in [5, 5.41) is 10.9. The highest BCUT2D eigenvalue weighted by molar-refractivity contribution is 5.69. The first kappa shape index (κ1) is 48.2. The standard InChI is InChI=1S/C47H79NO8/c1-45(2,3)56-44(50)48-40(38-53-46(48,4)5)37-52-35-28-21-19-17-15-13-11-9-8-10-12-14-16-18-20-26-32-41(49)43-42(54-47(6,7)55-43)33-27-23-29-34-51-36-39-30-24-22-25-31-39/h22,24-25,30-31,40-43,49H,8-19,21,23,27-29,32-38H2,1-7H3/t40-,41+,42+,43+/m0/s1. The molecule has 320 valence electrons. The number of carbonyl (C=O) groups excluding carboxylic acids is 1. The fraction of sp³-hybridized carbons (Fsp3) is 0.809. The van der Waals surface area contributed by atoms with E-state index in [0.29, 0.717) is 32.8 Å². The van der Waals surface area contributed by atoms with Crippen LogP contribution in [0.15, 0.2) is 30.3 Å². The minimum absolute atomic E-state index is 0.109. The third-order valence-corrected chi connectivity index (χ3v) is 10.5. The van der Waals surface area contributed by atoms with Crippen LogP contribution < -0.4 is 0 Å². The quantitative estimate of drug-likeness (QED) is 0.0696. The lowest BCUT2D eigenvalue weighted by Gasteiger charge is -2.35. The van der Waals surface area contributed by atoms with Crippen molar-refractivity contribution in [2.24, 2.45) is 0 Å². The van der Waals surface area contributed by atoms with Crippen LogP contribution >= 0.6 is 0 Å². The van der Waals surface area contributed by atoms with Gasteiger partial charge in [0.2, 0.25) is 0 Å². The Bertz CT molecular complexity index is 1250. The van der Waals surface area contributed by atoms with E-state index in [1.807, 2.05) is 66.7 Å². The van der Waals surface area contributed by atoms with E-state index in [4.69, 9.17) is 28.4 Å². The lowest BCUT2D eigenvalue weighted by Crippen LogP contribution is -2.51. The molecule has 1 amide bonds. The number of hydrogen-bond acceptors (Lipinski definition) is 8. The number of rotatable bonds is 27. The molecule has 9 nitrogen and oxygen atoms in total. The minimum Gasteiger partial charge on any atom is -0.444 e. The molecule has 0 saturated carbocycles. The normalized spacial score (nSPS) is 20.9. The lowest BCUT2D eigenvalue weighted by atomic mass is 10.00. The van der Waals surface area contributed by atoms with Crippen LogP contribution in [-0.4, -0.2) is 84.0 Å². The highest BCUT2D eigenvalue weighted by Gasteiger charge is 2.46. The minimum atomic E-state index is -0.689. The Kier molecular flexibility index (Phi) is 22.4. The summed E-state index contributed by atoms with van der Waals surface area (Å²) < 4.78 is 35.5. The van der Waals surface area contributed by atoms with E-state index in [1.54, 1.807) is 4.90 Å². The molecule has 9 heteroatoms. The SMILES string of the molecule is CC(C)(C)OC(=O)N1[C@@H](COCCCCCCCCCCCCCCCC#CC[C@@H](O)[C@H]2OC(C)(C)O[C@@H]2CCCCCOCc2ccccc2)COC1(C)C. The van der Waals surface area contributed by atoms with E-state index in [2.05, 4.69) is 24.0 Å². The van der Waals surface area contributed by atoms with E-state index in [0.717, 1.165) is 51.6 Å². The average Bonchev–Trinajstić information content (AvgIpc) is 3.62. The molecule has 0 bridgehead atoms. The van der Waals surface area contributed by atoms with Gasteiger partial charge in [-0.15, -0.1) is 11.8 Å². The molecular weight excluding hydrogens is 707 g/mol. The van der Waals surface area contributed by atoms with Crippen molar-refractivity contribution >= 4 is 6.09 Å². The van der Waals surface area contributed by atoms with E-state index in [1.165, 1.54) is 76.2 Å². The number of carbonyl (C=O) groups is 1. The van der Waals surface area contributed by atoms with Gasteiger partial charge in [0.15, 0.2) is 5.79 Å². The third-order valence-electron chi connectivity index (χ3n) is 10.5. The van der Waals surface area contributed by atoms with Crippen molar-refractivity contribution in [1.29, 1.82) is 0 Å². The van der Waals surface area contributed by atoms with Gasteiger partial charge in [0.25, 0.3) is 0 Å². The van der Waals surface area contributed by atoms with Crippen molar-refractivity contribution in [3.05, 3.63) is 35.9 Å². The van der Waals surface area contributed by atoms with Crippen molar-refractivity contribution in [3.63, 3.8) is 0 Å². The molecule has 0 spiro atoms. The molecule has 2 aliphatic rings. The zero-order chi connectivity index (χ0) is 40.7. The summed E-state index contributed by atoms with van der Waals surface area (Å²) >= 11 is 0. The third kappa shape index (κ3) is 20.0. The molecular formula is C47H79NO8. The van der Waals surface area contributed by atoms with Gasteiger partial charge < -0.3 is 33.5 Å². The van der Waals surface area contributed by atoms with Crippen LogP contribution in [0.5, 0.6) is 0 Å². The predicted molar refractivity (Wildman–Crippen MR) is 224 cm³/mol. The zero-order valence-electron chi connectivity index (χ0n) is 36.4. The van der Waals surface area contributed by atoms with Gasteiger partial charge in [0, 0.05) is 26.1 Å². The number of unbranched alkanes of at least 4 members (excludes halogenated alkanes) is 15. The molecule has 1 aromatic carbocycles. The maximum atomic E-state index is 12.8. The molecule has 2 fully saturated rings. The highest BCUT2D eigenvalue weighted by Crippen LogP contribution is 2.34. The van der Waals surface area contributed by atoms with Gasteiger partial charge >= 0.3 is 6.09 Å². The van der Waals surface area contributed by atoms with Gasteiger partial charge in [-0.1, -0.05) is 114 Å². The number of hydrogen-bond donors (Lipinski definition) is 1. The summed E-state index contributed by atoms with van der Waals surface area (Å²) in [6.07, 6.45) is 20.2. The Morgan fingerprint density at radius 3 is 2.00 bits per heavy atom. The second-order valence-corrected chi connectivity index (χ2v) is 17.8. The first-order valence-electron chi connectivity index (χ1n) is 22.1. The Morgan fingerprint density at radius 1 is 0.804 bits per heavy atom. The molecule has 1 aromatic rings. The van der Waals surface area contributed by atoms with Crippen molar-refractivity contribution < 1.29 is 38.3 Å². The van der Waals surface area contributed by atoms with Gasteiger partial charge in [-0.25, -0.2) is 4.79 Å². The van der Waals surface area contributed by atoms with E-state index >= 15 is 0 Å². The first-order valence-corrected chi connectivity index (χ1v) is 22.1. The van der Waals surface area contributed by atoms with Crippen molar-refractivity contribution in [3.8, 4) is 11.8 Å². The highest BCUT2D eigenvalue weighted by atomic mass is 16.8. The summed E-state index contributed by atoms with van der Waals surface area (Å²) in [6.45, 7) is 16.4. The summed E-state index contributed by atoms with van der Waals surface area (Å²) in [5.41, 5.74) is -0.0272. The maximum Gasteiger partial charge on any atom is 0.412 e. The molecule has 0 radical (unpaired) electrons. The molecule has 3 rings (SSSR count). The van der Waals surface area contributed by atoms with Gasteiger partial charge in [-0.2, -0.15) is 0 Å². The van der Waals surface area contributed by atoms with Crippen LogP contribution in [0, 0.1) is 11.8 Å². The van der Waals surface area contributed by atoms with Gasteiger partial charge in [0.1, 0.15) is 17.4 Å². The monoisotopic (exact) mass is 786 g/mol. The van der Waals surface area contributed by atoms with Crippen molar-refractivity contribution in [2.75, 3.05) is 26.4 Å². The Balaban J connectivity index is 1.09. The van der Waals surface area contributed by atoms with Gasteiger partial charge in [-0.05, 0) is 79.7 Å². The van der Waals surface area contributed by atoms with Gasteiger partial charge in [-0.3, -0.25) is 4.90 Å². The van der Waals surface area contributed by atoms with Crippen LogP contribution in [0.3, 0.4) is 0 Å². The number of ether oxygens (including phenoxy) is 6. The fourth-order valence-electron chi connectivity index (χ4n) is 7.55. The molecule has 0 aromatic heterocycles. The summed E-state index contributed by atoms with van der Waals surface area (Å²) in [7, 11) is 0. The molecule has 56 heavy (non-hydrogen) atoms. The van der Waals surface area contributed by atoms with Crippen LogP contribution in [-0.2, 0) is 35.0 Å². The lowest BCUT2D eigenvalue weighted by molar-refractivity contribution is -0.155. The summed E-state index contributed by atoms with van der Waals surface area (Å²) in [5.74, 6) is 5.82. The number of benzene rings is 1. The fourth-order valence-corrected chi connectivity index (χ4v) is 7.55.